The van der Waals surface area contributed by atoms with Gasteiger partial charge in [0.15, 0.2) is 0 Å². The molecule has 1 aromatic carbocycles. The lowest BCUT2D eigenvalue weighted by Gasteiger charge is -2.36. The summed E-state index contributed by atoms with van der Waals surface area (Å²) in [4.78, 5) is 5.98. The van der Waals surface area contributed by atoms with E-state index in [1.165, 1.54) is 43.4 Å². The van der Waals surface area contributed by atoms with Crippen LogP contribution in [0.4, 0.5) is 0 Å². The van der Waals surface area contributed by atoms with Crippen molar-refractivity contribution in [1.29, 1.82) is 0 Å². The summed E-state index contributed by atoms with van der Waals surface area (Å²) in [7, 11) is 0. The number of halogens is 1. The van der Waals surface area contributed by atoms with Crippen LogP contribution in [0.5, 0.6) is 0 Å². The molecule has 0 bridgehead atoms. The summed E-state index contributed by atoms with van der Waals surface area (Å²) in [6.07, 6.45) is 4.61. The van der Waals surface area contributed by atoms with Crippen molar-refractivity contribution in [3.63, 3.8) is 0 Å². The van der Waals surface area contributed by atoms with Gasteiger partial charge >= 0.3 is 0 Å². The van der Waals surface area contributed by atoms with Crippen molar-refractivity contribution < 1.29 is 0 Å². The summed E-state index contributed by atoms with van der Waals surface area (Å²) in [6.45, 7) is 8.90. The Balaban J connectivity index is 1.76. The Kier molecular flexibility index (Phi) is 5.30. The summed E-state index contributed by atoms with van der Waals surface area (Å²) in [5.74, 6) is 1.83. The van der Waals surface area contributed by atoms with E-state index in [0.29, 0.717) is 18.4 Å². The summed E-state index contributed by atoms with van der Waals surface area (Å²) < 4.78 is 0. The molecule has 3 rings (SSSR count). The molecular formula is C19H28ClN3. The zero-order chi connectivity index (χ0) is 16.4. The molecule has 0 amide bonds. The number of benzene rings is 1. The highest BCUT2D eigenvalue weighted by atomic mass is 35.5. The topological polar surface area (TPSA) is 45.0 Å². The highest BCUT2D eigenvalue weighted by molar-refractivity contribution is 6.31. The first-order valence-electron chi connectivity index (χ1n) is 8.77. The molecule has 2 heterocycles. The van der Waals surface area contributed by atoms with Crippen LogP contribution in [0.3, 0.4) is 0 Å². The molecule has 4 heteroatoms. The average molecular weight is 334 g/mol. The average Bonchev–Trinajstić information content (AvgIpc) is 2.92. The lowest BCUT2D eigenvalue weighted by molar-refractivity contribution is 0.155. The van der Waals surface area contributed by atoms with E-state index in [1.54, 1.807) is 0 Å². The minimum Gasteiger partial charge on any atom is -0.361 e. The Bertz CT molecular complexity index is 641. The molecule has 1 aliphatic rings. The third kappa shape index (κ3) is 3.73. The maximum Gasteiger partial charge on any atom is 0.0457 e. The lowest BCUT2D eigenvalue weighted by Crippen LogP contribution is -2.38. The first kappa shape index (κ1) is 16.8. The molecule has 2 aromatic rings. The quantitative estimate of drug-likeness (QED) is 0.860. The maximum absolute atomic E-state index is 6.20. The number of fused-ring (bicyclic) bond motifs is 1. The zero-order valence-corrected chi connectivity index (χ0v) is 14.9. The molecule has 1 aromatic heterocycles. The minimum absolute atomic E-state index is 0.420. The summed E-state index contributed by atoms with van der Waals surface area (Å²) in [5.41, 5.74) is 8.67. The van der Waals surface area contributed by atoms with Gasteiger partial charge < -0.3 is 15.6 Å². The number of nitrogens with one attached hydrogen (secondary N) is 1. The summed E-state index contributed by atoms with van der Waals surface area (Å²) in [5, 5.41) is 2.03. The Morgan fingerprint density at radius 3 is 2.70 bits per heavy atom. The van der Waals surface area contributed by atoms with Crippen LogP contribution in [-0.2, 0) is 0 Å². The van der Waals surface area contributed by atoms with Gasteiger partial charge in [-0.1, -0.05) is 25.4 Å². The molecule has 1 unspecified atom stereocenters. The zero-order valence-electron chi connectivity index (χ0n) is 14.2. The standard InChI is InChI=1S/C19H28ClN3/c1-13(2)12-23-7-5-14(6-8-23)17(10-21)18-11-22-19-4-3-15(20)9-16(18)19/h3-4,9,11,13-14,17,22H,5-8,10,12,21H2,1-2H3. The van der Waals surface area contributed by atoms with Crippen molar-refractivity contribution in [1.82, 2.24) is 9.88 Å². The normalized spacial score (nSPS) is 18.8. The minimum atomic E-state index is 0.420. The molecule has 1 fully saturated rings. The van der Waals surface area contributed by atoms with Crippen molar-refractivity contribution in [2.75, 3.05) is 26.2 Å². The van der Waals surface area contributed by atoms with Gasteiger partial charge in [0.25, 0.3) is 0 Å². The van der Waals surface area contributed by atoms with Gasteiger partial charge in [0, 0.05) is 34.6 Å². The van der Waals surface area contributed by atoms with E-state index in [4.69, 9.17) is 17.3 Å². The number of H-pyrrole nitrogens is 1. The van der Waals surface area contributed by atoms with Crippen LogP contribution in [0.1, 0.15) is 38.2 Å². The number of rotatable bonds is 5. The van der Waals surface area contributed by atoms with Crippen LogP contribution in [0.25, 0.3) is 10.9 Å². The van der Waals surface area contributed by atoms with Gasteiger partial charge in [0.05, 0.1) is 0 Å². The van der Waals surface area contributed by atoms with Crippen molar-refractivity contribution in [2.24, 2.45) is 17.6 Å². The predicted octanol–water partition coefficient (Wildman–Crippen LogP) is 4.23. The van der Waals surface area contributed by atoms with Crippen LogP contribution in [0.2, 0.25) is 5.02 Å². The van der Waals surface area contributed by atoms with E-state index in [1.807, 2.05) is 6.07 Å². The maximum atomic E-state index is 6.20. The van der Waals surface area contributed by atoms with E-state index < -0.39 is 0 Å². The second kappa shape index (κ2) is 7.25. The number of piperidine rings is 1. The van der Waals surface area contributed by atoms with E-state index in [2.05, 4.69) is 42.1 Å². The fourth-order valence-corrected chi connectivity index (χ4v) is 4.22. The van der Waals surface area contributed by atoms with Crippen molar-refractivity contribution in [3.05, 3.63) is 35.0 Å². The molecule has 3 nitrogen and oxygen atoms in total. The summed E-state index contributed by atoms with van der Waals surface area (Å²) >= 11 is 6.20. The molecule has 0 saturated carbocycles. The largest absolute Gasteiger partial charge is 0.361 e. The highest BCUT2D eigenvalue weighted by Gasteiger charge is 2.28. The fraction of sp³-hybridized carbons (Fsp3) is 0.579. The molecule has 0 spiro atoms. The number of aromatic amines is 1. The number of hydrogen-bond donors (Lipinski definition) is 2. The van der Waals surface area contributed by atoms with Gasteiger partial charge in [-0.2, -0.15) is 0 Å². The molecular weight excluding hydrogens is 306 g/mol. The SMILES string of the molecule is CC(C)CN1CCC(C(CN)c2c[nH]c3ccc(Cl)cc23)CC1. The first-order valence-corrected chi connectivity index (χ1v) is 9.15. The van der Waals surface area contributed by atoms with E-state index in [-0.39, 0.29) is 0 Å². The van der Waals surface area contributed by atoms with E-state index in [9.17, 15) is 0 Å². The Hall–Kier alpha value is -1.03. The Labute approximate surface area is 144 Å². The van der Waals surface area contributed by atoms with Crippen LogP contribution in [-0.4, -0.2) is 36.1 Å². The fourth-order valence-electron chi connectivity index (χ4n) is 4.05. The van der Waals surface area contributed by atoms with Gasteiger partial charge in [-0.3, -0.25) is 0 Å². The Morgan fingerprint density at radius 2 is 2.04 bits per heavy atom. The van der Waals surface area contributed by atoms with Crippen molar-refractivity contribution in [3.8, 4) is 0 Å². The summed E-state index contributed by atoms with van der Waals surface area (Å²) in [6, 6.07) is 6.06. The van der Waals surface area contributed by atoms with Gasteiger partial charge in [0.1, 0.15) is 0 Å². The Morgan fingerprint density at radius 1 is 1.30 bits per heavy atom. The number of likely N-dealkylation sites (tertiary alicyclic amines) is 1. The molecule has 0 radical (unpaired) electrons. The van der Waals surface area contributed by atoms with Crippen molar-refractivity contribution >= 4 is 22.5 Å². The van der Waals surface area contributed by atoms with Crippen LogP contribution in [0, 0.1) is 11.8 Å². The molecule has 1 aliphatic heterocycles. The molecule has 3 N–H and O–H groups in total. The number of nitrogens with zero attached hydrogens (tertiary/aromatic N) is 1. The van der Waals surface area contributed by atoms with E-state index >= 15 is 0 Å². The first-order chi connectivity index (χ1) is 11.1. The second-order valence-corrected chi connectivity index (χ2v) is 7.74. The van der Waals surface area contributed by atoms with Crippen LogP contribution < -0.4 is 5.73 Å². The number of aromatic nitrogens is 1. The monoisotopic (exact) mass is 333 g/mol. The predicted molar refractivity (Wildman–Crippen MR) is 99.1 cm³/mol. The van der Waals surface area contributed by atoms with Gasteiger partial charge in [-0.25, -0.2) is 0 Å². The highest BCUT2D eigenvalue weighted by Crippen LogP contribution is 2.36. The molecule has 1 atom stereocenters. The van der Waals surface area contributed by atoms with Gasteiger partial charge in [-0.15, -0.1) is 0 Å². The number of nitrogens with two attached hydrogens (primary N) is 1. The van der Waals surface area contributed by atoms with Gasteiger partial charge in [0.2, 0.25) is 0 Å². The third-order valence-corrected chi connectivity index (χ3v) is 5.39. The molecule has 126 valence electrons. The molecule has 1 saturated heterocycles. The van der Waals surface area contributed by atoms with Crippen molar-refractivity contribution in [2.45, 2.75) is 32.6 Å². The second-order valence-electron chi connectivity index (χ2n) is 7.31. The van der Waals surface area contributed by atoms with E-state index in [0.717, 1.165) is 16.5 Å². The van der Waals surface area contributed by atoms with Gasteiger partial charge in [-0.05, 0) is 68.1 Å². The van der Waals surface area contributed by atoms with Crippen LogP contribution >= 0.6 is 11.6 Å². The lowest BCUT2D eigenvalue weighted by atomic mass is 9.80. The molecule has 23 heavy (non-hydrogen) atoms. The molecule has 0 aliphatic carbocycles. The smallest absolute Gasteiger partial charge is 0.0457 e. The van der Waals surface area contributed by atoms with Crippen LogP contribution in [0.15, 0.2) is 24.4 Å². The third-order valence-electron chi connectivity index (χ3n) is 5.15. The number of hydrogen-bond acceptors (Lipinski definition) is 2.